The lowest BCUT2D eigenvalue weighted by molar-refractivity contribution is -0.128. The summed E-state index contributed by atoms with van der Waals surface area (Å²) in [5, 5.41) is 2.64. The summed E-state index contributed by atoms with van der Waals surface area (Å²) in [5.41, 5.74) is 7.92. The highest BCUT2D eigenvalue weighted by molar-refractivity contribution is 5.96. The third-order valence-corrected chi connectivity index (χ3v) is 3.71. The molecule has 2 aromatic rings. The van der Waals surface area contributed by atoms with Crippen molar-refractivity contribution in [3.05, 3.63) is 65.5 Å². The summed E-state index contributed by atoms with van der Waals surface area (Å²) < 4.78 is 0. The molecule has 0 aliphatic rings. The number of rotatable bonds is 7. The molecule has 0 aliphatic heterocycles. The first-order chi connectivity index (χ1) is 11.6. The smallest absolute Gasteiger partial charge is 0.251 e. The number of likely N-dealkylation sites (N-methyl/N-ethyl adjacent to an activating group) is 1. The van der Waals surface area contributed by atoms with Gasteiger partial charge in [0.05, 0.1) is 6.54 Å². The number of pyridine rings is 1. The molecule has 0 atom stereocenters. The van der Waals surface area contributed by atoms with Crippen molar-refractivity contribution in [1.82, 2.24) is 15.2 Å². The van der Waals surface area contributed by atoms with Crippen molar-refractivity contribution in [2.75, 3.05) is 20.1 Å². The second kappa shape index (κ2) is 8.79. The van der Waals surface area contributed by atoms with Crippen molar-refractivity contribution in [1.29, 1.82) is 0 Å². The Bertz CT molecular complexity index is 671. The van der Waals surface area contributed by atoms with Crippen molar-refractivity contribution in [3.63, 3.8) is 0 Å². The van der Waals surface area contributed by atoms with Gasteiger partial charge in [-0.1, -0.05) is 18.2 Å². The van der Waals surface area contributed by atoms with Crippen LogP contribution in [0.15, 0.2) is 48.7 Å². The summed E-state index contributed by atoms with van der Waals surface area (Å²) in [7, 11) is 1.72. The van der Waals surface area contributed by atoms with Gasteiger partial charge in [-0.05, 0) is 29.8 Å². The zero-order chi connectivity index (χ0) is 17.4. The molecule has 3 N–H and O–H groups in total. The minimum atomic E-state index is -0.273. The zero-order valence-corrected chi connectivity index (χ0v) is 13.7. The van der Waals surface area contributed by atoms with Crippen LogP contribution in [0.25, 0.3) is 0 Å². The Kier molecular flexibility index (Phi) is 6.45. The minimum Gasteiger partial charge on any atom is -0.344 e. The van der Waals surface area contributed by atoms with E-state index in [1.165, 1.54) is 0 Å². The number of nitrogens with two attached hydrogens (primary N) is 1. The Balaban J connectivity index is 1.77. The Morgan fingerprint density at radius 3 is 2.54 bits per heavy atom. The summed E-state index contributed by atoms with van der Waals surface area (Å²) in [6.45, 7) is 0.953. The summed E-state index contributed by atoms with van der Waals surface area (Å²) in [4.78, 5) is 29.9. The van der Waals surface area contributed by atoms with Crippen LogP contribution < -0.4 is 11.1 Å². The molecule has 6 heteroatoms. The van der Waals surface area contributed by atoms with E-state index in [0.29, 0.717) is 25.1 Å². The molecule has 0 spiro atoms. The van der Waals surface area contributed by atoms with Gasteiger partial charge in [0.2, 0.25) is 5.91 Å². The van der Waals surface area contributed by atoms with Gasteiger partial charge in [-0.25, -0.2) is 0 Å². The van der Waals surface area contributed by atoms with Crippen LogP contribution in [0.5, 0.6) is 0 Å². The molecule has 0 aliphatic carbocycles. The highest BCUT2D eigenvalue weighted by Crippen LogP contribution is 2.03. The zero-order valence-electron chi connectivity index (χ0n) is 13.7. The van der Waals surface area contributed by atoms with E-state index in [1.54, 1.807) is 42.4 Å². The molecule has 1 aromatic carbocycles. The fourth-order valence-corrected chi connectivity index (χ4v) is 2.14. The monoisotopic (exact) mass is 326 g/mol. The van der Waals surface area contributed by atoms with Crippen LogP contribution in [0.4, 0.5) is 0 Å². The van der Waals surface area contributed by atoms with Gasteiger partial charge >= 0.3 is 0 Å². The summed E-state index contributed by atoms with van der Waals surface area (Å²) in [5.74, 6) is -0.414. The quantitative estimate of drug-likeness (QED) is 0.793. The van der Waals surface area contributed by atoms with Crippen molar-refractivity contribution >= 4 is 11.8 Å². The molecule has 6 nitrogen and oxygen atoms in total. The number of carbonyl (C=O) groups excluding carboxylic acids is 2. The largest absolute Gasteiger partial charge is 0.344 e. The first kappa shape index (κ1) is 17.6. The molecular formula is C18H22N4O2. The van der Waals surface area contributed by atoms with Crippen LogP contribution in [0.3, 0.4) is 0 Å². The average Bonchev–Trinajstić information content (AvgIpc) is 2.64. The van der Waals surface area contributed by atoms with Crippen LogP contribution >= 0.6 is 0 Å². The standard InChI is InChI=1S/C18H22N4O2/c1-22(11-9-16-4-2-3-10-20-16)17(23)13-21-18(24)15-7-5-14(12-19)6-8-15/h2-8,10H,9,11-13,19H2,1H3,(H,21,24). The van der Waals surface area contributed by atoms with Gasteiger partial charge in [0.25, 0.3) is 5.91 Å². The molecule has 24 heavy (non-hydrogen) atoms. The molecule has 1 heterocycles. The molecule has 1 aromatic heterocycles. The second-order valence-electron chi connectivity index (χ2n) is 5.47. The molecule has 126 valence electrons. The van der Waals surface area contributed by atoms with Crippen LogP contribution in [0, 0.1) is 0 Å². The number of benzene rings is 1. The number of hydrogen-bond donors (Lipinski definition) is 2. The SMILES string of the molecule is CN(CCc1ccccn1)C(=O)CNC(=O)c1ccc(CN)cc1. The minimum absolute atomic E-state index is 0.0316. The number of aromatic nitrogens is 1. The maximum absolute atomic E-state index is 12.1. The van der Waals surface area contributed by atoms with E-state index in [1.807, 2.05) is 18.2 Å². The molecule has 0 unspecified atom stereocenters. The average molecular weight is 326 g/mol. The Morgan fingerprint density at radius 2 is 1.92 bits per heavy atom. The first-order valence-electron chi connectivity index (χ1n) is 7.81. The highest BCUT2D eigenvalue weighted by atomic mass is 16.2. The van der Waals surface area contributed by atoms with E-state index >= 15 is 0 Å². The van der Waals surface area contributed by atoms with Crippen LogP contribution in [0.2, 0.25) is 0 Å². The van der Waals surface area contributed by atoms with Crippen LogP contribution in [-0.4, -0.2) is 41.8 Å². The fourth-order valence-electron chi connectivity index (χ4n) is 2.14. The third-order valence-electron chi connectivity index (χ3n) is 3.71. The van der Waals surface area contributed by atoms with Gasteiger partial charge < -0.3 is 16.0 Å². The van der Waals surface area contributed by atoms with E-state index in [0.717, 1.165) is 11.3 Å². The number of carbonyl (C=O) groups is 2. The van der Waals surface area contributed by atoms with E-state index < -0.39 is 0 Å². The van der Waals surface area contributed by atoms with E-state index in [9.17, 15) is 9.59 Å². The molecule has 0 bridgehead atoms. The summed E-state index contributed by atoms with van der Waals surface area (Å²) in [6, 6.07) is 12.7. The number of hydrogen-bond acceptors (Lipinski definition) is 4. The predicted molar refractivity (Wildman–Crippen MR) is 92.2 cm³/mol. The van der Waals surface area contributed by atoms with Crippen molar-refractivity contribution < 1.29 is 9.59 Å². The Morgan fingerprint density at radius 1 is 1.17 bits per heavy atom. The molecular weight excluding hydrogens is 304 g/mol. The van der Waals surface area contributed by atoms with Gasteiger partial charge in [0.15, 0.2) is 0 Å². The van der Waals surface area contributed by atoms with Crippen LogP contribution in [0.1, 0.15) is 21.6 Å². The number of nitrogens with zero attached hydrogens (tertiary/aromatic N) is 2. The predicted octanol–water partition coefficient (Wildman–Crippen LogP) is 0.971. The third kappa shape index (κ3) is 5.17. The molecule has 2 rings (SSSR count). The Hall–Kier alpha value is -2.73. The lowest BCUT2D eigenvalue weighted by atomic mass is 10.1. The van der Waals surface area contributed by atoms with Gasteiger partial charge in [-0.3, -0.25) is 14.6 Å². The van der Waals surface area contributed by atoms with Crippen molar-refractivity contribution in [2.45, 2.75) is 13.0 Å². The van der Waals surface area contributed by atoms with Gasteiger partial charge in [-0.2, -0.15) is 0 Å². The van der Waals surface area contributed by atoms with Gasteiger partial charge in [0, 0.05) is 44.0 Å². The lowest BCUT2D eigenvalue weighted by Gasteiger charge is -2.17. The topological polar surface area (TPSA) is 88.3 Å². The van der Waals surface area contributed by atoms with E-state index in [-0.39, 0.29) is 18.4 Å². The Labute approximate surface area is 141 Å². The molecule has 2 amide bonds. The van der Waals surface area contributed by atoms with E-state index in [4.69, 9.17) is 5.73 Å². The van der Waals surface area contributed by atoms with Gasteiger partial charge in [-0.15, -0.1) is 0 Å². The van der Waals surface area contributed by atoms with Crippen molar-refractivity contribution in [3.8, 4) is 0 Å². The maximum Gasteiger partial charge on any atom is 0.251 e. The summed E-state index contributed by atoms with van der Waals surface area (Å²) >= 11 is 0. The van der Waals surface area contributed by atoms with Crippen LogP contribution in [-0.2, 0) is 17.8 Å². The first-order valence-corrected chi connectivity index (χ1v) is 7.81. The van der Waals surface area contributed by atoms with Gasteiger partial charge in [0.1, 0.15) is 0 Å². The normalized spacial score (nSPS) is 10.2. The molecule has 0 saturated heterocycles. The molecule has 0 fully saturated rings. The number of nitrogens with one attached hydrogen (secondary N) is 1. The van der Waals surface area contributed by atoms with E-state index in [2.05, 4.69) is 10.3 Å². The summed E-state index contributed by atoms with van der Waals surface area (Å²) in [6.07, 6.45) is 2.41. The maximum atomic E-state index is 12.1. The van der Waals surface area contributed by atoms with Crippen molar-refractivity contribution in [2.24, 2.45) is 5.73 Å². The molecule has 0 saturated carbocycles. The molecule has 0 radical (unpaired) electrons. The number of amides is 2. The fraction of sp³-hybridized carbons (Fsp3) is 0.278. The second-order valence-corrected chi connectivity index (χ2v) is 5.47. The highest BCUT2D eigenvalue weighted by Gasteiger charge is 2.12. The lowest BCUT2D eigenvalue weighted by Crippen LogP contribution is -2.39.